The molecule has 0 aliphatic rings. The van der Waals surface area contributed by atoms with Crippen molar-refractivity contribution >= 4 is 0 Å². The zero-order valence-corrected chi connectivity index (χ0v) is 19.7. The molecule has 1 nitrogen and oxygen atoms in total. The van der Waals surface area contributed by atoms with Crippen LogP contribution >= 0.6 is 0 Å². The Morgan fingerprint density at radius 3 is 1.26 bits per heavy atom. The highest BCUT2D eigenvalue weighted by Gasteiger charge is 2.31. The third-order valence-electron chi connectivity index (χ3n) is 6.59. The zero-order chi connectivity index (χ0) is 20.2. The molecule has 1 unspecified atom stereocenters. The molecule has 0 aromatic heterocycles. The molecule has 0 saturated heterocycles. The lowest BCUT2D eigenvalue weighted by Crippen LogP contribution is -2.32. The van der Waals surface area contributed by atoms with E-state index in [1.165, 1.54) is 122 Å². The molecule has 0 radical (unpaired) electrons. The molecule has 1 heteroatoms. The smallest absolute Gasteiger partial charge is 0.0593 e. The summed E-state index contributed by atoms with van der Waals surface area (Å²) in [5, 5.41) is 11.0. The zero-order valence-electron chi connectivity index (χ0n) is 19.7. The van der Waals surface area contributed by atoms with E-state index in [-0.39, 0.29) is 11.5 Å². The molecule has 0 bridgehead atoms. The molecule has 0 amide bonds. The van der Waals surface area contributed by atoms with Crippen LogP contribution in [0.2, 0.25) is 0 Å². The fraction of sp³-hybridized carbons (Fsp3) is 1.00. The standard InChI is InChI=1S/C26H54O/c1-5-8-11-14-17-20-23-26(4,24-21-18-15-12-9-6-2)25(27)22-19-16-13-10-7-3/h25,27H,5-24H2,1-4H3. The van der Waals surface area contributed by atoms with Crippen molar-refractivity contribution in [1.82, 2.24) is 0 Å². The van der Waals surface area contributed by atoms with Crippen molar-refractivity contribution in [1.29, 1.82) is 0 Å². The minimum Gasteiger partial charge on any atom is -0.393 e. The largest absolute Gasteiger partial charge is 0.393 e. The molecular weight excluding hydrogens is 328 g/mol. The average molecular weight is 383 g/mol. The highest BCUT2D eigenvalue weighted by Crippen LogP contribution is 2.37. The van der Waals surface area contributed by atoms with Crippen molar-refractivity contribution in [3.05, 3.63) is 0 Å². The van der Waals surface area contributed by atoms with Gasteiger partial charge in [0.25, 0.3) is 0 Å². The van der Waals surface area contributed by atoms with Crippen molar-refractivity contribution in [3.8, 4) is 0 Å². The molecule has 0 aliphatic carbocycles. The van der Waals surface area contributed by atoms with Crippen LogP contribution in [0.15, 0.2) is 0 Å². The summed E-state index contributed by atoms with van der Waals surface area (Å²) in [5.41, 5.74) is 0.153. The predicted molar refractivity (Wildman–Crippen MR) is 123 cm³/mol. The number of hydrogen-bond donors (Lipinski definition) is 1. The summed E-state index contributed by atoms with van der Waals surface area (Å²) >= 11 is 0. The van der Waals surface area contributed by atoms with Gasteiger partial charge in [-0.2, -0.15) is 0 Å². The Balaban J connectivity index is 4.26. The van der Waals surface area contributed by atoms with E-state index in [1.807, 2.05) is 0 Å². The first-order valence-corrected chi connectivity index (χ1v) is 12.8. The quantitative estimate of drug-likeness (QED) is 0.196. The van der Waals surface area contributed by atoms with Gasteiger partial charge in [-0.1, -0.05) is 137 Å². The van der Waals surface area contributed by atoms with Crippen molar-refractivity contribution in [2.75, 3.05) is 0 Å². The van der Waals surface area contributed by atoms with Crippen LogP contribution in [0.3, 0.4) is 0 Å². The summed E-state index contributed by atoms with van der Waals surface area (Å²) in [4.78, 5) is 0. The van der Waals surface area contributed by atoms with E-state index in [9.17, 15) is 5.11 Å². The van der Waals surface area contributed by atoms with Gasteiger partial charge in [0, 0.05) is 0 Å². The molecule has 1 N–H and O–H groups in total. The fourth-order valence-corrected chi connectivity index (χ4v) is 4.37. The van der Waals surface area contributed by atoms with E-state index < -0.39 is 0 Å². The van der Waals surface area contributed by atoms with Crippen molar-refractivity contribution in [2.45, 2.75) is 162 Å². The molecule has 1 atom stereocenters. The molecular formula is C26H54O. The number of aliphatic hydroxyl groups is 1. The third kappa shape index (κ3) is 15.5. The van der Waals surface area contributed by atoms with E-state index in [4.69, 9.17) is 0 Å². The first kappa shape index (κ1) is 27.0. The lowest BCUT2D eigenvalue weighted by Gasteiger charge is -2.35. The molecule has 0 spiro atoms. The second kappa shape index (κ2) is 19.3. The van der Waals surface area contributed by atoms with Gasteiger partial charge in [0.05, 0.1) is 6.10 Å². The molecule has 0 fully saturated rings. The normalized spacial score (nSPS) is 13.2. The van der Waals surface area contributed by atoms with Crippen LogP contribution in [0.5, 0.6) is 0 Å². The summed E-state index contributed by atoms with van der Waals surface area (Å²) in [5.74, 6) is 0. The number of unbranched alkanes of at least 4 members (excludes halogenated alkanes) is 14. The third-order valence-corrected chi connectivity index (χ3v) is 6.59. The Morgan fingerprint density at radius 1 is 0.519 bits per heavy atom. The van der Waals surface area contributed by atoms with Gasteiger partial charge in [0.1, 0.15) is 0 Å². The van der Waals surface area contributed by atoms with E-state index in [1.54, 1.807) is 0 Å². The lowest BCUT2D eigenvalue weighted by molar-refractivity contribution is 0.0125. The molecule has 164 valence electrons. The van der Waals surface area contributed by atoms with Crippen LogP contribution in [0, 0.1) is 5.41 Å². The maximum Gasteiger partial charge on any atom is 0.0593 e. The number of hydrogen-bond acceptors (Lipinski definition) is 1. The van der Waals surface area contributed by atoms with Crippen LogP contribution < -0.4 is 0 Å². The SMILES string of the molecule is CCCCCCCCC(C)(CCCCCCCC)C(O)CCCCCCC. The minimum absolute atomic E-state index is 0.0922. The van der Waals surface area contributed by atoms with E-state index in [0.717, 1.165) is 6.42 Å². The van der Waals surface area contributed by atoms with Crippen LogP contribution in [-0.4, -0.2) is 11.2 Å². The van der Waals surface area contributed by atoms with E-state index in [2.05, 4.69) is 27.7 Å². The molecule has 0 saturated carbocycles. The summed E-state index contributed by atoms with van der Waals surface area (Å²) in [6.07, 6.45) is 26.2. The van der Waals surface area contributed by atoms with Gasteiger partial charge in [-0.3, -0.25) is 0 Å². The fourth-order valence-electron chi connectivity index (χ4n) is 4.37. The summed E-state index contributed by atoms with van der Waals surface area (Å²) < 4.78 is 0. The Labute approximate surface area is 173 Å². The molecule has 27 heavy (non-hydrogen) atoms. The highest BCUT2D eigenvalue weighted by atomic mass is 16.3. The van der Waals surface area contributed by atoms with Gasteiger partial charge in [0.2, 0.25) is 0 Å². The topological polar surface area (TPSA) is 20.2 Å². The van der Waals surface area contributed by atoms with Crippen molar-refractivity contribution in [3.63, 3.8) is 0 Å². The van der Waals surface area contributed by atoms with Gasteiger partial charge >= 0.3 is 0 Å². The van der Waals surface area contributed by atoms with Gasteiger partial charge in [-0.15, -0.1) is 0 Å². The molecule has 0 aromatic carbocycles. The first-order valence-electron chi connectivity index (χ1n) is 12.8. The van der Waals surface area contributed by atoms with Crippen LogP contribution in [0.1, 0.15) is 156 Å². The maximum absolute atomic E-state index is 11.0. The molecule has 0 rings (SSSR count). The van der Waals surface area contributed by atoms with E-state index >= 15 is 0 Å². The van der Waals surface area contributed by atoms with Crippen LogP contribution in [-0.2, 0) is 0 Å². The second-order valence-corrected chi connectivity index (χ2v) is 9.41. The van der Waals surface area contributed by atoms with Crippen molar-refractivity contribution in [2.24, 2.45) is 5.41 Å². The predicted octanol–water partition coefficient (Wildman–Crippen LogP) is 9.22. The summed E-state index contributed by atoms with van der Waals surface area (Å²) in [6.45, 7) is 9.23. The lowest BCUT2D eigenvalue weighted by atomic mass is 9.73. The Hall–Kier alpha value is -0.0400. The molecule has 0 heterocycles. The summed E-state index contributed by atoms with van der Waals surface area (Å²) in [6, 6.07) is 0. The minimum atomic E-state index is -0.0922. The Kier molecular flexibility index (Phi) is 19.3. The first-order chi connectivity index (χ1) is 13.1. The van der Waals surface area contributed by atoms with Crippen molar-refractivity contribution < 1.29 is 5.11 Å². The Bertz CT molecular complexity index is 270. The molecule has 0 aliphatic heterocycles. The highest BCUT2D eigenvalue weighted by molar-refractivity contribution is 4.82. The maximum atomic E-state index is 11.0. The van der Waals surface area contributed by atoms with Crippen LogP contribution in [0.4, 0.5) is 0 Å². The van der Waals surface area contributed by atoms with E-state index in [0.29, 0.717) is 0 Å². The van der Waals surface area contributed by atoms with Gasteiger partial charge < -0.3 is 5.11 Å². The van der Waals surface area contributed by atoms with Gasteiger partial charge in [0.15, 0.2) is 0 Å². The van der Waals surface area contributed by atoms with Crippen LogP contribution in [0.25, 0.3) is 0 Å². The number of rotatable bonds is 21. The monoisotopic (exact) mass is 382 g/mol. The van der Waals surface area contributed by atoms with Gasteiger partial charge in [-0.25, -0.2) is 0 Å². The Morgan fingerprint density at radius 2 is 0.852 bits per heavy atom. The number of aliphatic hydroxyl groups excluding tert-OH is 1. The van der Waals surface area contributed by atoms with Gasteiger partial charge in [-0.05, 0) is 24.7 Å². The second-order valence-electron chi connectivity index (χ2n) is 9.41. The molecule has 0 aromatic rings. The summed E-state index contributed by atoms with van der Waals surface area (Å²) in [7, 11) is 0. The average Bonchev–Trinajstić information content (AvgIpc) is 2.67.